The maximum atomic E-state index is 5.47. The standard InChI is InChI=1S/C15H16N2.C9H11N.C2H6/c1-3-11-6-7-13(9-12(11)4-1)14-10-17-8-2-5-15(17)16-14;1-7-3-5-9(6-4-7)8(2)10;1-2/h6-7,9-10H,1-5,8H2;3-6H,2,10H2,1H3;1-2H3. The minimum absolute atomic E-state index is 0.625. The summed E-state index contributed by atoms with van der Waals surface area (Å²) < 4.78 is 2.31. The first-order valence-electron chi connectivity index (χ1n) is 10.8. The molecule has 2 aromatic carbocycles. The molecule has 152 valence electrons. The van der Waals surface area contributed by atoms with Gasteiger partial charge in [-0.05, 0) is 55.4 Å². The van der Waals surface area contributed by atoms with E-state index in [2.05, 4.69) is 35.5 Å². The van der Waals surface area contributed by atoms with Crippen LogP contribution in [0.25, 0.3) is 17.0 Å². The maximum absolute atomic E-state index is 5.47. The van der Waals surface area contributed by atoms with E-state index in [1.54, 1.807) is 5.56 Å². The number of hydrogen-bond acceptors (Lipinski definition) is 2. The lowest BCUT2D eigenvalue weighted by atomic mass is 10.0. The molecule has 0 radical (unpaired) electrons. The summed E-state index contributed by atoms with van der Waals surface area (Å²) in [5.74, 6) is 1.26. The van der Waals surface area contributed by atoms with Gasteiger partial charge in [0.25, 0.3) is 0 Å². The predicted octanol–water partition coefficient (Wildman–Crippen LogP) is 5.94. The van der Waals surface area contributed by atoms with E-state index in [4.69, 9.17) is 10.7 Å². The first kappa shape index (κ1) is 20.9. The number of hydrogen-bond donors (Lipinski definition) is 1. The number of fused-ring (bicyclic) bond motifs is 2. The topological polar surface area (TPSA) is 43.8 Å². The van der Waals surface area contributed by atoms with Gasteiger partial charge in [-0.3, -0.25) is 0 Å². The molecule has 0 amide bonds. The second-order valence-corrected chi connectivity index (χ2v) is 7.57. The minimum Gasteiger partial charge on any atom is -0.399 e. The highest BCUT2D eigenvalue weighted by molar-refractivity contribution is 5.61. The number of rotatable bonds is 2. The van der Waals surface area contributed by atoms with Crippen LogP contribution in [0.3, 0.4) is 0 Å². The maximum Gasteiger partial charge on any atom is 0.109 e. The van der Waals surface area contributed by atoms with E-state index in [9.17, 15) is 0 Å². The molecule has 0 unspecified atom stereocenters. The molecule has 0 spiro atoms. The largest absolute Gasteiger partial charge is 0.399 e. The van der Waals surface area contributed by atoms with Gasteiger partial charge in [-0.1, -0.05) is 62.4 Å². The van der Waals surface area contributed by atoms with Gasteiger partial charge >= 0.3 is 0 Å². The van der Waals surface area contributed by atoms with Crippen LogP contribution < -0.4 is 5.73 Å². The van der Waals surface area contributed by atoms with Crippen molar-refractivity contribution < 1.29 is 0 Å². The average Bonchev–Trinajstić information content (AvgIpc) is 3.45. The van der Waals surface area contributed by atoms with Gasteiger partial charge in [0.1, 0.15) is 5.82 Å². The Morgan fingerprint density at radius 2 is 1.69 bits per heavy atom. The number of aryl methyl sites for hydroxylation is 5. The van der Waals surface area contributed by atoms with Gasteiger partial charge < -0.3 is 10.3 Å². The Hall–Kier alpha value is -2.81. The Labute approximate surface area is 175 Å². The summed E-state index contributed by atoms with van der Waals surface area (Å²) in [6, 6.07) is 14.9. The van der Waals surface area contributed by atoms with Gasteiger partial charge in [-0.25, -0.2) is 4.98 Å². The smallest absolute Gasteiger partial charge is 0.109 e. The normalized spacial score (nSPS) is 13.5. The summed E-state index contributed by atoms with van der Waals surface area (Å²) in [5.41, 5.74) is 13.9. The molecule has 29 heavy (non-hydrogen) atoms. The third-order valence-electron chi connectivity index (χ3n) is 5.48. The number of benzene rings is 2. The Morgan fingerprint density at radius 3 is 2.38 bits per heavy atom. The lowest BCUT2D eigenvalue weighted by Crippen LogP contribution is -1.92. The van der Waals surface area contributed by atoms with E-state index < -0.39 is 0 Å². The highest BCUT2D eigenvalue weighted by atomic mass is 15.1. The van der Waals surface area contributed by atoms with Crippen LogP contribution in [0, 0.1) is 6.92 Å². The molecule has 1 aliphatic heterocycles. The molecule has 5 rings (SSSR count). The van der Waals surface area contributed by atoms with Gasteiger partial charge in [-0.15, -0.1) is 0 Å². The number of imidazole rings is 1. The summed E-state index contributed by atoms with van der Waals surface area (Å²) in [7, 11) is 0. The van der Waals surface area contributed by atoms with Gasteiger partial charge in [0, 0.05) is 30.4 Å². The summed E-state index contributed by atoms with van der Waals surface area (Å²) >= 11 is 0. The minimum atomic E-state index is 0.625. The van der Waals surface area contributed by atoms with E-state index in [0.717, 1.165) is 24.2 Å². The van der Waals surface area contributed by atoms with Crippen LogP contribution in [0.2, 0.25) is 0 Å². The fraction of sp³-hybridized carbons (Fsp3) is 0.346. The van der Waals surface area contributed by atoms with E-state index >= 15 is 0 Å². The van der Waals surface area contributed by atoms with Crippen molar-refractivity contribution in [3.8, 4) is 11.3 Å². The number of aromatic nitrogens is 2. The van der Waals surface area contributed by atoms with Crippen molar-refractivity contribution in [1.82, 2.24) is 9.55 Å². The van der Waals surface area contributed by atoms with E-state index in [1.165, 1.54) is 48.2 Å². The molecule has 0 fully saturated rings. The summed E-state index contributed by atoms with van der Waals surface area (Å²) in [5, 5.41) is 0. The van der Waals surface area contributed by atoms with Crippen LogP contribution in [-0.2, 0) is 25.8 Å². The molecule has 0 saturated carbocycles. The van der Waals surface area contributed by atoms with Gasteiger partial charge in [0.05, 0.1) is 5.69 Å². The van der Waals surface area contributed by atoms with Crippen molar-refractivity contribution in [3.05, 3.63) is 83.3 Å². The highest BCUT2D eigenvalue weighted by Crippen LogP contribution is 2.28. The van der Waals surface area contributed by atoms with Gasteiger partial charge in [0.15, 0.2) is 0 Å². The lowest BCUT2D eigenvalue weighted by Gasteiger charge is -2.02. The molecule has 2 N–H and O–H groups in total. The van der Waals surface area contributed by atoms with Crippen molar-refractivity contribution >= 4 is 5.70 Å². The molecule has 0 atom stereocenters. The Morgan fingerprint density at radius 1 is 0.966 bits per heavy atom. The summed E-state index contributed by atoms with van der Waals surface area (Å²) in [6.45, 7) is 10.8. The van der Waals surface area contributed by atoms with Gasteiger partial charge in [-0.2, -0.15) is 0 Å². The first-order chi connectivity index (χ1) is 14.1. The fourth-order valence-electron chi connectivity index (χ4n) is 3.89. The first-order valence-corrected chi connectivity index (χ1v) is 10.8. The molecular weight excluding hydrogens is 354 g/mol. The Kier molecular flexibility index (Phi) is 6.92. The van der Waals surface area contributed by atoms with Crippen molar-refractivity contribution in [3.63, 3.8) is 0 Å². The van der Waals surface area contributed by atoms with Crippen LogP contribution in [0.1, 0.15) is 54.8 Å². The van der Waals surface area contributed by atoms with E-state index in [-0.39, 0.29) is 0 Å². The van der Waals surface area contributed by atoms with Crippen molar-refractivity contribution in [2.24, 2.45) is 5.73 Å². The SMILES string of the molecule is C=C(N)c1ccc(C)cc1.CC.c1cc2c(cc1-c1cn3c(n1)CCC3)CCC2. The molecule has 1 aromatic heterocycles. The fourth-order valence-corrected chi connectivity index (χ4v) is 3.89. The second-order valence-electron chi connectivity index (χ2n) is 7.57. The Balaban J connectivity index is 0.000000173. The quantitative estimate of drug-likeness (QED) is 0.592. The van der Waals surface area contributed by atoms with E-state index in [1.807, 2.05) is 45.0 Å². The molecule has 3 aromatic rings. The van der Waals surface area contributed by atoms with Crippen molar-refractivity contribution in [2.45, 2.75) is 59.4 Å². The third kappa shape index (κ3) is 4.97. The molecule has 3 heteroatoms. The monoisotopic (exact) mass is 387 g/mol. The Bertz CT molecular complexity index is 943. The van der Waals surface area contributed by atoms with Crippen LogP contribution in [-0.4, -0.2) is 9.55 Å². The predicted molar refractivity (Wildman–Crippen MR) is 124 cm³/mol. The van der Waals surface area contributed by atoms with Crippen LogP contribution in [0.4, 0.5) is 0 Å². The highest BCUT2D eigenvalue weighted by Gasteiger charge is 2.16. The second kappa shape index (κ2) is 9.60. The molecule has 1 aliphatic carbocycles. The zero-order valence-corrected chi connectivity index (χ0v) is 18.0. The lowest BCUT2D eigenvalue weighted by molar-refractivity contribution is 0.750. The van der Waals surface area contributed by atoms with Crippen molar-refractivity contribution in [2.75, 3.05) is 0 Å². The summed E-state index contributed by atoms with van der Waals surface area (Å²) in [4.78, 5) is 4.75. The zero-order chi connectivity index (χ0) is 20.8. The molecule has 0 bridgehead atoms. The van der Waals surface area contributed by atoms with Crippen LogP contribution >= 0.6 is 0 Å². The molecule has 0 saturated heterocycles. The molecule has 2 heterocycles. The molecule has 2 aliphatic rings. The van der Waals surface area contributed by atoms with Crippen LogP contribution in [0.15, 0.2) is 55.2 Å². The van der Waals surface area contributed by atoms with E-state index in [0.29, 0.717) is 5.70 Å². The number of nitrogens with two attached hydrogens (primary N) is 1. The zero-order valence-electron chi connectivity index (χ0n) is 18.0. The van der Waals surface area contributed by atoms with Gasteiger partial charge in [0.2, 0.25) is 0 Å². The summed E-state index contributed by atoms with van der Waals surface area (Å²) in [6.07, 6.45) is 8.45. The average molecular weight is 388 g/mol. The molecule has 3 nitrogen and oxygen atoms in total. The van der Waals surface area contributed by atoms with Crippen molar-refractivity contribution in [1.29, 1.82) is 0 Å². The van der Waals surface area contributed by atoms with Crippen LogP contribution in [0.5, 0.6) is 0 Å². The number of nitrogens with zero attached hydrogens (tertiary/aromatic N) is 2. The third-order valence-corrected chi connectivity index (χ3v) is 5.48. The molecular formula is C26H33N3.